The Hall–Kier alpha value is -1.88. The monoisotopic (exact) mass is 265 g/mol. The van der Waals surface area contributed by atoms with Crippen LogP contribution in [0.2, 0.25) is 0 Å². The Morgan fingerprint density at radius 1 is 1.37 bits per heavy atom. The van der Waals surface area contributed by atoms with Crippen molar-refractivity contribution in [3.63, 3.8) is 0 Å². The summed E-state index contributed by atoms with van der Waals surface area (Å²) < 4.78 is 4.86. The van der Waals surface area contributed by atoms with Crippen LogP contribution < -0.4 is 5.32 Å². The molecule has 2 N–H and O–H groups in total. The predicted molar refractivity (Wildman–Crippen MR) is 70.9 cm³/mol. The van der Waals surface area contributed by atoms with E-state index < -0.39 is 17.4 Å². The van der Waals surface area contributed by atoms with Gasteiger partial charge in [0.2, 0.25) is 5.91 Å². The number of ether oxygens (including phenoxy) is 1. The number of carbonyl (C=O) groups is 2. The van der Waals surface area contributed by atoms with E-state index in [1.807, 2.05) is 30.3 Å². The summed E-state index contributed by atoms with van der Waals surface area (Å²) in [6.07, 6.45) is 0. The molecule has 19 heavy (non-hydrogen) atoms. The van der Waals surface area contributed by atoms with Crippen molar-refractivity contribution in [1.29, 1.82) is 0 Å². The van der Waals surface area contributed by atoms with Crippen LogP contribution in [0.15, 0.2) is 30.3 Å². The maximum Gasteiger partial charge on any atom is 0.331 e. The third-order valence-corrected chi connectivity index (χ3v) is 3.00. The Morgan fingerprint density at radius 2 is 1.95 bits per heavy atom. The molecule has 1 aromatic carbocycles. The summed E-state index contributed by atoms with van der Waals surface area (Å²) in [5.41, 5.74) is -0.584. The molecule has 104 valence electrons. The lowest BCUT2D eigenvalue weighted by molar-refractivity contribution is -0.149. The normalized spacial score (nSPS) is 15.3. The van der Waals surface area contributed by atoms with E-state index in [2.05, 4.69) is 5.32 Å². The second-order valence-corrected chi connectivity index (χ2v) is 4.69. The first kappa shape index (κ1) is 15.2. The Balaban J connectivity index is 2.81. The van der Waals surface area contributed by atoms with Crippen molar-refractivity contribution >= 4 is 11.9 Å². The molecular formula is C14H19NO4. The minimum atomic E-state index is -1.42. The van der Waals surface area contributed by atoms with Crippen LogP contribution in [0.25, 0.3) is 0 Å². The molecule has 0 saturated carbocycles. The van der Waals surface area contributed by atoms with Crippen LogP contribution in [-0.4, -0.2) is 36.2 Å². The highest BCUT2D eigenvalue weighted by atomic mass is 16.5. The van der Waals surface area contributed by atoms with Gasteiger partial charge in [0.15, 0.2) is 5.54 Å². The van der Waals surface area contributed by atoms with Crippen LogP contribution in [0.3, 0.4) is 0 Å². The molecule has 0 aliphatic carbocycles. The number of amides is 1. The first-order valence-electron chi connectivity index (χ1n) is 6.00. The number of methoxy groups -OCH3 is 1. The smallest absolute Gasteiger partial charge is 0.331 e. The first-order chi connectivity index (χ1) is 8.90. The zero-order valence-corrected chi connectivity index (χ0v) is 11.3. The van der Waals surface area contributed by atoms with Gasteiger partial charge in [-0.15, -0.1) is 0 Å². The molecule has 0 aromatic heterocycles. The number of nitrogens with one attached hydrogen (secondary N) is 1. The number of hydrogen-bond donors (Lipinski definition) is 2. The fraction of sp³-hybridized carbons (Fsp3) is 0.429. The first-order valence-corrected chi connectivity index (χ1v) is 6.00. The van der Waals surface area contributed by atoms with E-state index in [1.165, 1.54) is 14.0 Å². The summed E-state index contributed by atoms with van der Waals surface area (Å²) >= 11 is 0. The van der Waals surface area contributed by atoms with Crippen molar-refractivity contribution in [3.8, 4) is 0 Å². The quantitative estimate of drug-likeness (QED) is 0.815. The minimum Gasteiger partial charge on any atom is -0.479 e. The van der Waals surface area contributed by atoms with Gasteiger partial charge in [0.1, 0.15) is 0 Å². The lowest BCUT2D eigenvalue weighted by atomic mass is 9.97. The van der Waals surface area contributed by atoms with Crippen molar-refractivity contribution in [1.82, 2.24) is 5.32 Å². The van der Waals surface area contributed by atoms with E-state index in [0.717, 1.165) is 5.56 Å². The minimum absolute atomic E-state index is 0.0877. The molecule has 5 nitrogen and oxygen atoms in total. The van der Waals surface area contributed by atoms with Crippen LogP contribution in [0.4, 0.5) is 0 Å². The molecule has 0 saturated heterocycles. The number of hydrogen-bond acceptors (Lipinski definition) is 3. The molecule has 0 radical (unpaired) electrons. The lowest BCUT2D eigenvalue weighted by Crippen LogP contribution is -2.56. The molecule has 2 atom stereocenters. The van der Waals surface area contributed by atoms with Gasteiger partial charge in [0, 0.05) is 7.11 Å². The van der Waals surface area contributed by atoms with Crippen LogP contribution in [0.5, 0.6) is 0 Å². The highest BCUT2D eigenvalue weighted by Crippen LogP contribution is 2.16. The van der Waals surface area contributed by atoms with Gasteiger partial charge in [-0.05, 0) is 19.4 Å². The molecule has 1 amide bonds. The summed E-state index contributed by atoms with van der Waals surface area (Å²) in [4.78, 5) is 23.3. The summed E-state index contributed by atoms with van der Waals surface area (Å²) in [5, 5.41) is 11.7. The third-order valence-electron chi connectivity index (χ3n) is 3.00. The molecule has 1 rings (SSSR count). The highest BCUT2D eigenvalue weighted by Gasteiger charge is 2.36. The SMILES string of the molecule is COCC(C)(NC(=O)C(C)c1ccccc1)C(=O)O. The largest absolute Gasteiger partial charge is 0.479 e. The standard InChI is InChI=1S/C14H19NO4/c1-10(11-7-5-4-6-8-11)12(16)15-14(2,9-19-3)13(17)18/h4-8,10H,9H2,1-3H3,(H,15,16)(H,17,18). The van der Waals surface area contributed by atoms with Crippen molar-refractivity contribution in [2.75, 3.05) is 13.7 Å². The molecule has 0 heterocycles. The van der Waals surface area contributed by atoms with Gasteiger partial charge >= 0.3 is 5.97 Å². The number of aliphatic carboxylic acids is 1. The molecule has 0 aliphatic heterocycles. The number of carboxylic acid groups (broad SMARTS) is 1. The Morgan fingerprint density at radius 3 is 2.42 bits per heavy atom. The van der Waals surface area contributed by atoms with E-state index in [1.54, 1.807) is 6.92 Å². The summed E-state index contributed by atoms with van der Waals surface area (Å²) in [7, 11) is 1.40. The topological polar surface area (TPSA) is 75.6 Å². The average Bonchev–Trinajstić information content (AvgIpc) is 2.38. The van der Waals surface area contributed by atoms with Gasteiger partial charge in [0.05, 0.1) is 12.5 Å². The molecule has 0 fully saturated rings. The summed E-state index contributed by atoms with van der Waals surface area (Å²) in [6, 6.07) is 9.20. The van der Waals surface area contributed by atoms with Gasteiger partial charge in [-0.1, -0.05) is 30.3 Å². The Kier molecular flexibility index (Phi) is 5.06. The molecule has 0 spiro atoms. The second kappa shape index (κ2) is 6.33. The van der Waals surface area contributed by atoms with Gasteiger partial charge in [-0.25, -0.2) is 4.79 Å². The van der Waals surface area contributed by atoms with Gasteiger partial charge < -0.3 is 15.2 Å². The van der Waals surface area contributed by atoms with Crippen LogP contribution in [0, 0.1) is 0 Å². The van der Waals surface area contributed by atoms with E-state index in [0.29, 0.717) is 0 Å². The fourth-order valence-electron chi connectivity index (χ4n) is 1.71. The Labute approximate surface area is 112 Å². The predicted octanol–water partition coefficient (Wildman–Crippen LogP) is 1.40. The van der Waals surface area contributed by atoms with Crippen LogP contribution in [-0.2, 0) is 14.3 Å². The maximum absolute atomic E-state index is 12.1. The van der Waals surface area contributed by atoms with Crippen molar-refractivity contribution in [3.05, 3.63) is 35.9 Å². The molecule has 1 aromatic rings. The molecule has 5 heteroatoms. The summed E-state index contributed by atoms with van der Waals surface area (Å²) in [6.45, 7) is 3.07. The fourth-order valence-corrected chi connectivity index (χ4v) is 1.71. The van der Waals surface area contributed by atoms with Crippen molar-refractivity contribution in [2.45, 2.75) is 25.3 Å². The van der Waals surface area contributed by atoms with E-state index >= 15 is 0 Å². The van der Waals surface area contributed by atoms with E-state index in [4.69, 9.17) is 4.74 Å². The van der Waals surface area contributed by atoms with E-state index in [-0.39, 0.29) is 12.5 Å². The van der Waals surface area contributed by atoms with Gasteiger partial charge in [0.25, 0.3) is 0 Å². The van der Waals surface area contributed by atoms with Gasteiger partial charge in [-0.3, -0.25) is 4.79 Å². The van der Waals surface area contributed by atoms with Crippen molar-refractivity contribution < 1.29 is 19.4 Å². The van der Waals surface area contributed by atoms with Crippen LogP contribution >= 0.6 is 0 Å². The molecule has 0 aliphatic rings. The lowest BCUT2D eigenvalue weighted by Gasteiger charge is -2.27. The zero-order chi connectivity index (χ0) is 14.5. The molecule has 2 unspecified atom stereocenters. The van der Waals surface area contributed by atoms with Crippen molar-refractivity contribution in [2.24, 2.45) is 0 Å². The van der Waals surface area contributed by atoms with Gasteiger partial charge in [-0.2, -0.15) is 0 Å². The maximum atomic E-state index is 12.1. The third kappa shape index (κ3) is 3.79. The molecule has 0 bridgehead atoms. The second-order valence-electron chi connectivity index (χ2n) is 4.69. The number of benzene rings is 1. The number of carbonyl (C=O) groups excluding carboxylic acids is 1. The average molecular weight is 265 g/mol. The summed E-state index contributed by atoms with van der Waals surface area (Å²) in [5.74, 6) is -1.88. The Bertz CT molecular complexity index is 446. The molecular weight excluding hydrogens is 246 g/mol. The highest BCUT2D eigenvalue weighted by molar-refractivity contribution is 5.90. The zero-order valence-electron chi connectivity index (χ0n) is 11.3. The van der Waals surface area contributed by atoms with E-state index in [9.17, 15) is 14.7 Å². The number of carboxylic acids is 1. The van der Waals surface area contributed by atoms with Crippen LogP contribution in [0.1, 0.15) is 25.3 Å². The number of rotatable bonds is 6.